The van der Waals surface area contributed by atoms with Crippen LogP contribution in [0.5, 0.6) is 0 Å². The van der Waals surface area contributed by atoms with E-state index in [1.54, 1.807) is 0 Å². The largest absolute Gasteiger partial charge is 0.352 e. The number of carbonyl (C=O) groups excluding carboxylic acids is 2. The average molecular weight is 317 g/mol. The third kappa shape index (κ3) is 3.43. The van der Waals surface area contributed by atoms with Crippen molar-refractivity contribution in [2.45, 2.75) is 39.5 Å². The monoisotopic (exact) mass is 317 g/mol. The number of amides is 2. The quantitative estimate of drug-likeness (QED) is 0.851. The van der Waals surface area contributed by atoms with Crippen molar-refractivity contribution in [3.8, 4) is 0 Å². The van der Waals surface area contributed by atoms with E-state index in [1.807, 2.05) is 16.8 Å². The van der Waals surface area contributed by atoms with Crippen molar-refractivity contribution in [1.29, 1.82) is 0 Å². The molecule has 1 aromatic heterocycles. The third-order valence-corrected chi connectivity index (χ3v) is 5.31. The van der Waals surface area contributed by atoms with Gasteiger partial charge in [-0.15, -0.1) is 0 Å². The van der Waals surface area contributed by atoms with E-state index in [9.17, 15) is 9.59 Å². The predicted octanol–water partition coefficient (Wildman–Crippen LogP) is 1.66. The average Bonchev–Trinajstić information content (AvgIpc) is 3.34. The van der Waals surface area contributed by atoms with Gasteiger partial charge in [0.1, 0.15) is 0 Å². The topological polar surface area (TPSA) is 45.6 Å². The highest BCUT2D eigenvalue weighted by molar-refractivity contribution is 5.82. The summed E-state index contributed by atoms with van der Waals surface area (Å²) in [5, 5.41) is 0. The van der Waals surface area contributed by atoms with Crippen molar-refractivity contribution in [3.63, 3.8) is 0 Å². The molecule has 0 aromatic carbocycles. The SMILES string of the molecule is Cc1cc(CC(=O)N2CCCN(C(=O)C3CC3)CC2)c(C)n1C. The molecule has 1 aliphatic heterocycles. The fraction of sp³-hybridized carbons (Fsp3) is 0.667. The molecule has 5 heteroatoms. The van der Waals surface area contributed by atoms with Gasteiger partial charge in [0.2, 0.25) is 11.8 Å². The van der Waals surface area contributed by atoms with E-state index in [2.05, 4.69) is 24.5 Å². The maximum absolute atomic E-state index is 12.6. The van der Waals surface area contributed by atoms with E-state index in [4.69, 9.17) is 0 Å². The smallest absolute Gasteiger partial charge is 0.227 e. The standard InChI is InChI=1S/C18H27N3O2/c1-13-11-16(14(2)19(13)3)12-17(22)20-7-4-8-21(10-9-20)18(23)15-5-6-15/h11,15H,4-10,12H2,1-3H3. The van der Waals surface area contributed by atoms with Crippen LogP contribution in [0.25, 0.3) is 0 Å². The van der Waals surface area contributed by atoms with Crippen LogP contribution in [0.3, 0.4) is 0 Å². The number of nitrogens with zero attached hydrogens (tertiary/aromatic N) is 3. The zero-order chi connectivity index (χ0) is 16.6. The van der Waals surface area contributed by atoms with E-state index >= 15 is 0 Å². The van der Waals surface area contributed by atoms with Gasteiger partial charge in [-0.1, -0.05) is 0 Å². The molecular formula is C18H27N3O2. The lowest BCUT2D eigenvalue weighted by Crippen LogP contribution is -2.38. The molecule has 0 spiro atoms. The minimum absolute atomic E-state index is 0.180. The molecule has 1 aromatic rings. The van der Waals surface area contributed by atoms with Gasteiger partial charge in [-0.25, -0.2) is 0 Å². The number of aromatic nitrogens is 1. The number of hydrogen-bond acceptors (Lipinski definition) is 2. The fourth-order valence-electron chi connectivity index (χ4n) is 3.36. The first kappa shape index (κ1) is 16.1. The maximum atomic E-state index is 12.6. The summed E-state index contributed by atoms with van der Waals surface area (Å²) in [5.74, 6) is 0.750. The van der Waals surface area contributed by atoms with Crippen LogP contribution in [-0.4, -0.2) is 52.4 Å². The molecule has 0 atom stereocenters. The van der Waals surface area contributed by atoms with Crippen molar-refractivity contribution in [1.82, 2.24) is 14.4 Å². The second-order valence-corrected chi connectivity index (χ2v) is 6.97. The molecule has 2 amide bonds. The van der Waals surface area contributed by atoms with Gasteiger partial charge in [-0.3, -0.25) is 9.59 Å². The Bertz CT molecular complexity index is 616. The molecule has 1 saturated carbocycles. The van der Waals surface area contributed by atoms with Gasteiger partial charge in [0.05, 0.1) is 6.42 Å². The van der Waals surface area contributed by atoms with Crippen LogP contribution in [0.2, 0.25) is 0 Å². The Kier molecular flexibility index (Phi) is 4.46. The van der Waals surface area contributed by atoms with E-state index in [0.29, 0.717) is 25.4 Å². The summed E-state index contributed by atoms with van der Waals surface area (Å²) in [6.07, 6.45) is 3.44. The molecule has 0 radical (unpaired) electrons. The van der Waals surface area contributed by atoms with Crippen LogP contribution in [0.1, 0.15) is 36.2 Å². The Morgan fingerprint density at radius 2 is 1.74 bits per heavy atom. The van der Waals surface area contributed by atoms with Crippen LogP contribution < -0.4 is 0 Å². The molecule has 5 nitrogen and oxygen atoms in total. The van der Waals surface area contributed by atoms with Crippen molar-refractivity contribution < 1.29 is 9.59 Å². The number of hydrogen-bond donors (Lipinski definition) is 0. The molecule has 0 bridgehead atoms. The van der Waals surface area contributed by atoms with Crippen molar-refractivity contribution in [3.05, 3.63) is 23.0 Å². The first-order valence-electron chi connectivity index (χ1n) is 8.65. The first-order valence-corrected chi connectivity index (χ1v) is 8.65. The molecule has 1 aliphatic carbocycles. The summed E-state index contributed by atoms with van der Waals surface area (Å²) in [7, 11) is 2.03. The second-order valence-electron chi connectivity index (χ2n) is 6.97. The summed E-state index contributed by atoms with van der Waals surface area (Å²) in [5.41, 5.74) is 3.46. The second kappa shape index (κ2) is 6.38. The van der Waals surface area contributed by atoms with Gasteiger partial charge in [0.15, 0.2) is 0 Å². The van der Waals surface area contributed by atoms with Crippen molar-refractivity contribution >= 4 is 11.8 Å². The Morgan fingerprint density at radius 3 is 2.35 bits per heavy atom. The predicted molar refractivity (Wildman–Crippen MR) is 89.1 cm³/mol. The minimum atomic E-state index is 0.180. The Hall–Kier alpha value is -1.78. The summed E-state index contributed by atoms with van der Waals surface area (Å²) in [6, 6.07) is 2.11. The molecular weight excluding hydrogens is 290 g/mol. The minimum Gasteiger partial charge on any atom is -0.352 e. The van der Waals surface area contributed by atoms with Crippen LogP contribution in [0, 0.1) is 19.8 Å². The number of carbonyl (C=O) groups is 2. The van der Waals surface area contributed by atoms with Gasteiger partial charge in [0.25, 0.3) is 0 Å². The lowest BCUT2D eigenvalue weighted by atomic mass is 10.1. The van der Waals surface area contributed by atoms with Crippen LogP contribution in [0.4, 0.5) is 0 Å². The van der Waals surface area contributed by atoms with Gasteiger partial charge >= 0.3 is 0 Å². The number of aryl methyl sites for hydroxylation is 1. The summed E-state index contributed by atoms with van der Waals surface area (Å²) in [6.45, 7) is 7.04. The highest BCUT2D eigenvalue weighted by atomic mass is 16.2. The Balaban J connectivity index is 1.59. The summed E-state index contributed by atoms with van der Waals surface area (Å²) >= 11 is 0. The van der Waals surface area contributed by atoms with E-state index in [-0.39, 0.29) is 11.8 Å². The zero-order valence-corrected chi connectivity index (χ0v) is 14.5. The first-order chi connectivity index (χ1) is 11.0. The van der Waals surface area contributed by atoms with Gasteiger partial charge in [-0.05, 0) is 44.7 Å². The maximum Gasteiger partial charge on any atom is 0.227 e. The zero-order valence-electron chi connectivity index (χ0n) is 14.5. The Labute approximate surface area is 138 Å². The highest BCUT2D eigenvalue weighted by Crippen LogP contribution is 2.31. The summed E-state index contributed by atoms with van der Waals surface area (Å²) < 4.78 is 2.13. The number of rotatable bonds is 3. The van der Waals surface area contributed by atoms with Gasteiger partial charge in [0, 0.05) is 50.5 Å². The van der Waals surface area contributed by atoms with Gasteiger partial charge in [-0.2, -0.15) is 0 Å². The molecule has 23 heavy (non-hydrogen) atoms. The van der Waals surface area contributed by atoms with Crippen LogP contribution in [-0.2, 0) is 23.1 Å². The lowest BCUT2D eigenvalue weighted by molar-refractivity contribution is -0.134. The van der Waals surface area contributed by atoms with Crippen LogP contribution >= 0.6 is 0 Å². The molecule has 2 aliphatic rings. The normalized spacial score (nSPS) is 18.9. The molecule has 0 N–H and O–H groups in total. The molecule has 2 heterocycles. The van der Waals surface area contributed by atoms with Gasteiger partial charge < -0.3 is 14.4 Å². The van der Waals surface area contributed by atoms with E-state index in [1.165, 1.54) is 5.69 Å². The third-order valence-electron chi connectivity index (χ3n) is 5.31. The van der Waals surface area contributed by atoms with Crippen LogP contribution in [0.15, 0.2) is 6.07 Å². The molecule has 3 rings (SSSR count). The van der Waals surface area contributed by atoms with Crippen molar-refractivity contribution in [2.24, 2.45) is 13.0 Å². The van der Waals surface area contributed by atoms with E-state index in [0.717, 1.165) is 43.6 Å². The van der Waals surface area contributed by atoms with Crippen molar-refractivity contribution in [2.75, 3.05) is 26.2 Å². The Morgan fingerprint density at radius 1 is 1.09 bits per heavy atom. The highest BCUT2D eigenvalue weighted by Gasteiger charge is 2.34. The molecule has 0 unspecified atom stereocenters. The lowest BCUT2D eigenvalue weighted by Gasteiger charge is -2.22. The summed E-state index contributed by atoms with van der Waals surface area (Å²) in [4.78, 5) is 28.7. The molecule has 126 valence electrons. The fourth-order valence-corrected chi connectivity index (χ4v) is 3.36. The van der Waals surface area contributed by atoms with E-state index < -0.39 is 0 Å². The molecule has 2 fully saturated rings. The molecule has 1 saturated heterocycles.